The fraction of sp³-hybridized carbons (Fsp3) is 0.333. The van der Waals surface area contributed by atoms with Crippen LogP contribution in [0.5, 0.6) is 0 Å². The van der Waals surface area contributed by atoms with E-state index in [2.05, 4.69) is 4.99 Å². The van der Waals surface area contributed by atoms with Crippen molar-refractivity contribution in [2.24, 2.45) is 4.99 Å². The van der Waals surface area contributed by atoms with E-state index in [1.807, 2.05) is 12.1 Å². The van der Waals surface area contributed by atoms with Gasteiger partial charge in [0.05, 0.1) is 6.54 Å². The molecule has 1 heterocycles. The first-order chi connectivity index (χ1) is 8.15. The van der Waals surface area contributed by atoms with E-state index in [0.717, 1.165) is 5.56 Å². The number of carboxylic acids is 1. The Kier molecular flexibility index (Phi) is 3.64. The number of carboxylic acid groups (broad SMARTS) is 1. The zero-order valence-electron chi connectivity index (χ0n) is 9.10. The fourth-order valence-electron chi connectivity index (χ4n) is 1.63. The van der Waals surface area contributed by atoms with Gasteiger partial charge in [-0.3, -0.25) is 4.79 Å². The molecule has 0 amide bonds. The number of carbonyl (C=O) groups is 1. The topological polar surface area (TPSA) is 58.9 Å². The summed E-state index contributed by atoms with van der Waals surface area (Å²) in [6, 6.07) is 7.25. The highest BCUT2D eigenvalue weighted by atomic mass is 35.5. The second-order valence-corrected chi connectivity index (χ2v) is 4.26. The molecule has 1 aliphatic rings. The van der Waals surface area contributed by atoms with Gasteiger partial charge in [-0.25, -0.2) is 4.99 Å². The van der Waals surface area contributed by atoms with Crippen LogP contribution in [0.25, 0.3) is 0 Å². The van der Waals surface area contributed by atoms with Crippen molar-refractivity contribution >= 4 is 23.5 Å². The molecule has 2 rings (SSSR count). The van der Waals surface area contributed by atoms with Crippen molar-refractivity contribution in [3.63, 3.8) is 0 Å². The van der Waals surface area contributed by atoms with Gasteiger partial charge in [0, 0.05) is 17.0 Å². The quantitative estimate of drug-likeness (QED) is 0.896. The van der Waals surface area contributed by atoms with E-state index in [-0.39, 0.29) is 12.5 Å². The summed E-state index contributed by atoms with van der Waals surface area (Å²) in [5.41, 5.74) is 0.829. The van der Waals surface area contributed by atoms with Crippen LogP contribution in [0.2, 0.25) is 5.02 Å². The molecule has 17 heavy (non-hydrogen) atoms. The van der Waals surface area contributed by atoms with Gasteiger partial charge in [0.15, 0.2) is 0 Å². The van der Waals surface area contributed by atoms with Gasteiger partial charge in [0.25, 0.3) is 0 Å². The minimum Gasteiger partial charge on any atom is -0.481 e. The lowest BCUT2D eigenvalue weighted by Gasteiger charge is -2.09. The van der Waals surface area contributed by atoms with Gasteiger partial charge >= 0.3 is 5.97 Å². The van der Waals surface area contributed by atoms with Gasteiger partial charge in [0.1, 0.15) is 6.10 Å². The molecular weight excluding hydrogens is 242 g/mol. The van der Waals surface area contributed by atoms with Crippen LogP contribution in [0.3, 0.4) is 0 Å². The summed E-state index contributed by atoms with van der Waals surface area (Å²) in [7, 11) is 0. The third-order valence-electron chi connectivity index (χ3n) is 2.47. The molecule has 0 bridgehead atoms. The smallest absolute Gasteiger partial charge is 0.303 e. The van der Waals surface area contributed by atoms with Crippen molar-refractivity contribution in [1.29, 1.82) is 0 Å². The van der Waals surface area contributed by atoms with E-state index in [9.17, 15) is 4.79 Å². The molecule has 1 aromatic rings. The summed E-state index contributed by atoms with van der Waals surface area (Å²) < 4.78 is 5.58. The van der Waals surface area contributed by atoms with Crippen LogP contribution in [-0.2, 0) is 9.53 Å². The molecule has 1 atom stereocenters. The third-order valence-corrected chi connectivity index (χ3v) is 2.70. The van der Waals surface area contributed by atoms with Crippen LogP contribution < -0.4 is 0 Å². The lowest BCUT2D eigenvalue weighted by atomic mass is 10.2. The van der Waals surface area contributed by atoms with E-state index < -0.39 is 5.97 Å². The minimum absolute atomic E-state index is 0.100. The summed E-state index contributed by atoms with van der Waals surface area (Å²) in [5.74, 6) is -0.271. The van der Waals surface area contributed by atoms with Crippen LogP contribution in [-0.4, -0.2) is 29.6 Å². The molecule has 5 heteroatoms. The first kappa shape index (κ1) is 11.9. The van der Waals surface area contributed by atoms with Crippen LogP contribution in [0.15, 0.2) is 29.3 Å². The largest absolute Gasteiger partial charge is 0.481 e. The van der Waals surface area contributed by atoms with Gasteiger partial charge in [-0.15, -0.1) is 0 Å². The Morgan fingerprint density at radius 3 is 3.12 bits per heavy atom. The first-order valence-electron chi connectivity index (χ1n) is 5.34. The Hall–Kier alpha value is -1.55. The molecule has 0 saturated heterocycles. The lowest BCUT2D eigenvalue weighted by Crippen LogP contribution is -2.15. The lowest BCUT2D eigenvalue weighted by molar-refractivity contribution is -0.137. The molecule has 1 N–H and O–H groups in total. The predicted molar refractivity (Wildman–Crippen MR) is 64.6 cm³/mol. The highest BCUT2D eigenvalue weighted by molar-refractivity contribution is 6.30. The average molecular weight is 254 g/mol. The Balaban J connectivity index is 1.95. The third kappa shape index (κ3) is 3.20. The number of ether oxygens (including phenoxy) is 1. The first-order valence-corrected chi connectivity index (χ1v) is 5.72. The molecule has 0 aromatic heterocycles. The van der Waals surface area contributed by atoms with Crippen LogP contribution in [0.4, 0.5) is 0 Å². The number of hydrogen-bond donors (Lipinski definition) is 1. The number of hydrogen-bond acceptors (Lipinski definition) is 3. The van der Waals surface area contributed by atoms with E-state index >= 15 is 0 Å². The SMILES string of the molecule is O=C(O)CCC1CN=C(c2cccc(Cl)c2)O1. The van der Waals surface area contributed by atoms with E-state index in [0.29, 0.717) is 23.9 Å². The summed E-state index contributed by atoms with van der Waals surface area (Å²) in [5, 5.41) is 9.21. The summed E-state index contributed by atoms with van der Waals surface area (Å²) in [4.78, 5) is 14.7. The maximum Gasteiger partial charge on any atom is 0.303 e. The zero-order chi connectivity index (χ0) is 12.3. The standard InChI is InChI=1S/C12H12ClNO3/c13-9-3-1-2-8(6-9)12-14-7-10(17-12)4-5-11(15)16/h1-3,6,10H,4-5,7H2,(H,15,16). The van der Waals surface area contributed by atoms with Crippen molar-refractivity contribution in [3.8, 4) is 0 Å². The zero-order valence-corrected chi connectivity index (χ0v) is 9.85. The van der Waals surface area contributed by atoms with Crippen molar-refractivity contribution < 1.29 is 14.6 Å². The summed E-state index contributed by atoms with van der Waals surface area (Å²) >= 11 is 5.87. The highest BCUT2D eigenvalue weighted by Gasteiger charge is 2.21. The Bertz CT molecular complexity index is 459. The van der Waals surface area contributed by atoms with Crippen LogP contribution in [0.1, 0.15) is 18.4 Å². The molecule has 1 unspecified atom stereocenters. The second kappa shape index (κ2) is 5.19. The van der Waals surface area contributed by atoms with Crippen molar-refractivity contribution in [2.75, 3.05) is 6.54 Å². The molecule has 4 nitrogen and oxygen atoms in total. The summed E-state index contributed by atoms with van der Waals surface area (Å²) in [6.07, 6.45) is 0.436. The number of nitrogens with zero attached hydrogens (tertiary/aromatic N) is 1. The molecule has 0 fully saturated rings. The highest BCUT2D eigenvalue weighted by Crippen LogP contribution is 2.18. The Labute approximate surface area is 104 Å². The molecule has 0 radical (unpaired) electrons. The average Bonchev–Trinajstić information content (AvgIpc) is 2.75. The van der Waals surface area contributed by atoms with Crippen molar-refractivity contribution in [3.05, 3.63) is 34.9 Å². The van der Waals surface area contributed by atoms with Gasteiger partial charge in [-0.05, 0) is 24.6 Å². The maximum absolute atomic E-state index is 10.4. The number of rotatable bonds is 4. The molecule has 1 aromatic carbocycles. The van der Waals surface area contributed by atoms with Crippen LogP contribution >= 0.6 is 11.6 Å². The molecule has 0 saturated carbocycles. The molecule has 0 aliphatic carbocycles. The Morgan fingerprint density at radius 2 is 2.41 bits per heavy atom. The number of benzene rings is 1. The summed E-state index contributed by atoms with van der Waals surface area (Å²) in [6.45, 7) is 0.509. The fourth-order valence-corrected chi connectivity index (χ4v) is 1.82. The van der Waals surface area contributed by atoms with Crippen molar-refractivity contribution in [2.45, 2.75) is 18.9 Å². The molecule has 0 spiro atoms. The number of aliphatic carboxylic acids is 1. The van der Waals surface area contributed by atoms with E-state index in [1.165, 1.54) is 0 Å². The van der Waals surface area contributed by atoms with Crippen molar-refractivity contribution in [1.82, 2.24) is 0 Å². The predicted octanol–water partition coefficient (Wildman–Crippen LogP) is 2.35. The van der Waals surface area contributed by atoms with E-state index in [1.54, 1.807) is 12.1 Å². The second-order valence-electron chi connectivity index (χ2n) is 3.83. The van der Waals surface area contributed by atoms with Gasteiger partial charge in [0.2, 0.25) is 5.90 Å². The normalized spacial score (nSPS) is 18.6. The Morgan fingerprint density at radius 1 is 1.59 bits per heavy atom. The minimum atomic E-state index is -0.815. The monoisotopic (exact) mass is 253 g/mol. The molecule has 1 aliphatic heterocycles. The number of aliphatic imine (C=N–C) groups is 1. The van der Waals surface area contributed by atoms with E-state index in [4.69, 9.17) is 21.4 Å². The van der Waals surface area contributed by atoms with Crippen LogP contribution in [0, 0.1) is 0 Å². The number of halogens is 1. The maximum atomic E-state index is 10.4. The van der Waals surface area contributed by atoms with Gasteiger partial charge in [-0.2, -0.15) is 0 Å². The van der Waals surface area contributed by atoms with Gasteiger partial charge < -0.3 is 9.84 Å². The van der Waals surface area contributed by atoms with Gasteiger partial charge in [-0.1, -0.05) is 17.7 Å². The molecule has 90 valence electrons. The molecular formula is C12H12ClNO3.